The average molecular weight is 605 g/mol. The number of carbonyl (C=O) groups is 1. The van der Waals surface area contributed by atoms with Crippen molar-refractivity contribution < 1.29 is 13.2 Å². The molecule has 0 radical (unpaired) electrons. The summed E-state index contributed by atoms with van der Waals surface area (Å²) < 4.78 is 29.6. The van der Waals surface area contributed by atoms with Crippen LogP contribution >= 0.6 is 11.3 Å². The molecule has 4 heterocycles. The molecule has 0 bridgehead atoms. The normalized spacial score (nSPS) is 22.6. The van der Waals surface area contributed by atoms with Crippen LogP contribution in [0.15, 0.2) is 71.9 Å². The van der Waals surface area contributed by atoms with Crippen molar-refractivity contribution in [1.29, 1.82) is 0 Å². The lowest BCUT2D eigenvalue weighted by Gasteiger charge is -2.47. The Bertz CT molecular complexity index is 1550. The summed E-state index contributed by atoms with van der Waals surface area (Å²) in [5.74, 6) is 1.16. The van der Waals surface area contributed by atoms with E-state index in [1.54, 1.807) is 17.3 Å². The fourth-order valence-electron chi connectivity index (χ4n) is 6.95. The molecule has 6 rings (SSSR count). The van der Waals surface area contributed by atoms with Crippen LogP contribution in [0.3, 0.4) is 0 Å². The molecule has 0 N–H and O–H groups in total. The number of piperazine rings is 1. The minimum absolute atomic E-state index is 0.0147. The van der Waals surface area contributed by atoms with E-state index in [1.807, 2.05) is 24.3 Å². The van der Waals surface area contributed by atoms with E-state index >= 15 is 0 Å². The lowest BCUT2D eigenvalue weighted by molar-refractivity contribution is 0.102. The van der Waals surface area contributed by atoms with E-state index in [0.29, 0.717) is 29.1 Å². The largest absolute Gasteiger partial charge is 0.354 e. The Morgan fingerprint density at radius 2 is 1.79 bits per heavy atom. The fourth-order valence-corrected chi connectivity index (χ4v) is 9.40. The van der Waals surface area contributed by atoms with Gasteiger partial charge in [-0.25, -0.2) is 13.4 Å². The molecule has 222 valence electrons. The number of thiophene rings is 1. The lowest BCUT2D eigenvalue weighted by Crippen LogP contribution is -2.56. The number of nitrogens with zero attached hydrogens (tertiary/aromatic N) is 4. The number of pyridine rings is 1. The van der Waals surface area contributed by atoms with E-state index in [0.717, 1.165) is 67.0 Å². The molecule has 2 aliphatic heterocycles. The first-order valence-electron chi connectivity index (χ1n) is 15.1. The molecule has 0 amide bonds. The number of hydrogen-bond donors (Lipinski definition) is 0. The van der Waals surface area contributed by atoms with E-state index in [9.17, 15) is 13.2 Å². The summed E-state index contributed by atoms with van der Waals surface area (Å²) in [7, 11) is -3.79. The predicted molar refractivity (Wildman–Crippen MR) is 171 cm³/mol. The number of carbonyl (C=O) groups excluding carboxylic acids is 1. The number of anilines is 2. The number of hydrogen-bond acceptors (Lipinski definition) is 7. The molecule has 3 aromatic rings. The zero-order valence-corrected chi connectivity index (χ0v) is 26.2. The van der Waals surface area contributed by atoms with Crippen LogP contribution in [0.2, 0.25) is 0 Å². The van der Waals surface area contributed by atoms with Gasteiger partial charge in [0.05, 0.1) is 23.2 Å². The molecular weight excluding hydrogens is 565 g/mol. The SMILES string of the molecule is C=C1CN(S(=O)(=O)c2ccc(N3CCC[C@H]3C)nc2)CC(C2CCCCC2)N1c1cc(-c2ccccc2)sc1C(C)=O. The van der Waals surface area contributed by atoms with Gasteiger partial charge < -0.3 is 9.80 Å². The highest BCUT2D eigenvalue weighted by molar-refractivity contribution is 7.89. The molecule has 1 aromatic carbocycles. The van der Waals surface area contributed by atoms with Crippen molar-refractivity contribution in [2.45, 2.75) is 75.8 Å². The Hall–Kier alpha value is -3.01. The predicted octanol–water partition coefficient (Wildman–Crippen LogP) is 6.97. The van der Waals surface area contributed by atoms with Crippen LogP contribution in [0.1, 0.15) is 68.5 Å². The second-order valence-corrected chi connectivity index (χ2v) is 15.0. The number of benzene rings is 1. The minimum Gasteiger partial charge on any atom is -0.354 e. The maximum Gasteiger partial charge on any atom is 0.245 e. The summed E-state index contributed by atoms with van der Waals surface area (Å²) in [6, 6.07) is 16.1. The Morgan fingerprint density at radius 3 is 2.43 bits per heavy atom. The molecule has 3 fully saturated rings. The molecule has 2 atom stereocenters. The zero-order chi connectivity index (χ0) is 29.4. The maximum absolute atomic E-state index is 14.0. The van der Waals surface area contributed by atoms with Gasteiger partial charge in [0.25, 0.3) is 0 Å². The van der Waals surface area contributed by atoms with Crippen molar-refractivity contribution in [3.05, 3.63) is 71.9 Å². The third kappa shape index (κ3) is 5.54. The molecule has 1 aliphatic carbocycles. The first-order valence-corrected chi connectivity index (χ1v) is 17.4. The topological polar surface area (TPSA) is 73.8 Å². The summed E-state index contributed by atoms with van der Waals surface area (Å²) >= 11 is 1.50. The van der Waals surface area contributed by atoms with Crippen molar-refractivity contribution >= 4 is 38.6 Å². The van der Waals surface area contributed by atoms with Gasteiger partial charge in [-0.2, -0.15) is 4.31 Å². The third-order valence-corrected chi connectivity index (χ3v) is 12.2. The Morgan fingerprint density at radius 1 is 1.02 bits per heavy atom. The fraction of sp³-hybridized carbons (Fsp3) is 0.455. The molecule has 7 nitrogen and oxygen atoms in total. The number of ketones is 1. The molecule has 3 aliphatic rings. The van der Waals surface area contributed by atoms with Gasteiger partial charge in [0.1, 0.15) is 10.7 Å². The van der Waals surface area contributed by atoms with Crippen molar-refractivity contribution in [2.75, 3.05) is 29.4 Å². The average Bonchev–Trinajstić information content (AvgIpc) is 3.64. The molecule has 9 heteroatoms. The van der Waals surface area contributed by atoms with E-state index in [-0.39, 0.29) is 23.3 Å². The van der Waals surface area contributed by atoms with Crippen LogP contribution in [-0.2, 0) is 10.0 Å². The Labute approximate surface area is 253 Å². The molecule has 1 unspecified atom stereocenters. The van der Waals surface area contributed by atoms with Gasteiger partial charge >= 0.3 is 0 Å². The summed E-state index contributed by atoms with van der Waals surface area (Å²) in [5, 5.41) is 0. The smallest absolute Gasteiger partial charge is 0.245 e. The third-order valence-electron chi connectivity index (χ3n) is 9.17. The molecule has 0 spiro atoms. The monoisotopic (exact) mass is 604 g/mol. The highest BCUT2D eigenvalue weighted by Crippen LogP contribution is 2.43. The highest BCUT2D eigenvalue weighted by atomic mass is 32.2. The minimum atomic E-state index is -3.79. The standard InChI is InChI=1S/C33H40N4O3S2/c1-23-11-10-18-36(23)32-17-16-28(20-34-32)42(39,40)35-21-24(2)37(30(22-35)26-12-6-4-7-13-26)29-19-31(41-33(29)25(3)38)27-14-8-5-9-15-27/h5,8-9,14-17,19-20,23,26,30H,2,4,6-7,10-13,18,21-22H2,1,3H3/t23-,30?/m1/s1. The van der Waals surface area contributed by atoms with Crippen LogP contribution in [0.4, 0.5) is 11.5 Å². The van der Waals surface area contributed by atoms with Crippen LogP contribution in [-0.4, -0.2) is 55.2 Å². The Kier molecular flexibility index (Phi) is 8.26. The number of sulfonamides is 1. The highest BCUT2D eigenvalue weighted by Gasteiger charge is 2.42. The van der Waals surface area contributed by atoms with Crippen molar-refractivity contribution in [3.63, 3.8) is 0 Å². The number of aromatic nitrogens is 1. The lowest BCUT2D eigenvalue weighted by atomic mass is 9.82. The van der Waals surface area contributed by atoms with Gasteiger partial charge in [-0.1, -0.05) is 56.2 Å². The molecule has 2 aromatic heterocycles. The second-order valence-electron chi connectivity index (χ2n) is 12.0. The van der Waals surface area contributed by atoms with Gasteiger partial charge in [0.2, 0.25) is 10.0 Å². The quantitative estimate of drug-likeness (QED) is 0.271. The van der Waals surface area contributed by atoms with Crippen molar-refractivity contribution in [3.8, 4) is 10.4 Å². The van der Waals surface area contributed by atoms with Gasteiger partial charge in [-0.3, -0.25) is 4.79 Å². The Balaban J connectivity index is 1.33. The molecule has 2 saturated heterocycles. The first kappa shape index (κ1) is 29.1. The van der Waals surface area contributed by atoms with Crippen LogP contribution in [0.5, 0.6) is 0 Å². The van der Waals surface area contributed by atoms with E-state index < -0.39 is 10.0 Å². The van der Waals surface area contributed by atoms with Crippen LogP contribution < -0.4 is 9.80 Å². The summed E-state index contributed by atoms with van der Waals surface area (Å²) in [6.07, 6.45) is 9.31. The number of rotatable bonds is 7. The molecule has 1 saturated carbocycles. The number of Topliss-reactive ketones (excluding diaryl/α,β-unsaturated/α-hetero) is 1. The van der Waals surface area contributed by atoms with Gasteiger partial charge in [-0.05, 0) is 62.3 Å². The summed E-state index contributed by atoms with van der Waals surface area (Å²) in [4.78, 5) is 23.9. The first-order chi connectivity index (χ1) is 20.2. The van der Waals surface area contributed by atoms with Gasteiger partial charge in [-0.15, -0.1) is 11.3 Å². The van der Waals surface area contributed by atoms with E-state index in [1.165, 1.54) is 24.0 Å². The maximum atomic E-state index is 14.0. The zero-order valence-electron chi connectivity index (χ0n) is 24.5. The van der Waals surface area contributed by atoms with Gasteiger partial charge in [0, 0.05) is 42.8 Å². The van der Waals surface area contributed by atoms with Crippen LogP contribution in [0, 0.1) is 5.92 Å². The van der Waals surface area contributed by atoms with Crippen LogP contribution in [0.25, 0.3) is 10.4 Å². The van der Waals surface area contributed by atoms with Crippen molar-refractivity contribution in [1.82, 2.24) is 9.29 Å². The molecule has 42 heavy (non-hydrogen) atoms. The second kappa shape index (κ2) is 11.9. The van der Waals surface area contributed by atoms with E-state index in [4.69, 9.17) is 0 Å². The summed E-state index contributed by atoms with van der Waals surface area (Å²) in [6.45, 7) is 9.69. The van der Waals surface area contributed by atoms with Gasteiger partial charge in [0.15, 0.2) is 5.78 Å². The van der Waals surface area contributed by atoms with Crippen molar-refractivity contribution in [2.24, 2.45) is 5.92 Å². The molecular formula is C33H40N4O3S2. The summed E-state index contributed by atoms with van der Waals surface area (Å²) in [5.41, 5.74) is 2.63. The van der Waals surface area contributed by atoms with E-state index in [2.05, 4.69) is 46.5 Å².